The van der Waals surface area contributed by atoms with Gasteiger partial charge in [-0.2, -0.15) is 0 Å². The van der Waals surface area contributed by atoms with Crippen LogP contribution in [0.4, 0.5) is 0 Å². The lowest BCUT2D eigenvalue weighted by Crippen LogP contribution is -2.54. The van der Waals surface area contributed by atoms with Gasteiger partial charge in [0, 0.05) is 36.4 Å². The second kappa shape index (κ2) is 8.29. The van der Waals surface area contributed by atoms with Crippen molar-refractivity contribution >= 4 is 11.8 Å². The number of hydrogen-bond acceptors (Lipinski definition) is 2. The molecule has 1 atom stereocenters. The van der Waals surface area contributed by atoms with Gasteiger partial charge in [-0.1, -0.05) is 43.2 Å². The van der Waals surface area contributed by atoms with Gasteiger partial charge in [-0.25, -0.2) is 0 Å². The van der Waals surface area contributed by atoms with Gasteiger partial charge in [-0.05, 0) is 51.3 Å². The molecule has 5 heteroatoms. The second-order valence-corrected chi connectivity index (χ2v) is 9.60. The molecule has 2 aliphatic rings. The molecular formula is C25H33N3O2. The van der Waals surface area contributed by atoms with E-state index < -0.39 is 0 Å². The number of rotatable bonds is 4. The number of hydrogen-bond donors (Lipinski definition) is 0. The Morgan fingerprint density at radius 2 is 1.70 bits per heavy atom. The van der Waals surface area contributed by atoms with Crippen molar-refractivity contribution in [3.63, 3.8) is 0 Å². The number of fused-ring (bicyclic) bond motifs is 1. The first-order valence-corrected chi connectivity index (χ1v) is 11.2. The third-order valence-corrected chi connectivity index (χ3v) is 6.55. The summed E-state index contributed by atoms with van der Waals surface area (Å²) in [6, 6.07) is 14.2. The van der Waals surface area contributed by atoms with Gasteiger partial charge in [0.05, 0.1) is 6.04 Å². The molecule has 2 amide bonds. The summed E-state index contributed by atoms with van der Waals surface area (Å²) in [6.45, 7) is 7.66. The molecule has 1 aliphatic carbocycles. The molecule has 0 saturated heterocycles. The summed E-state index contributed by atoms with van der Waals surface area (Å²) in [5.74, 6) is 0.239. The number of aromatic nitrogens is 1. The van der Waals surface area contributed by atoms with Gasteiger partial charge in [-0.15, -0.1) is 0 Å². The van der Waals surface area contributed by atoms with Gasteiger partial charge < -0.3 is 14.4 Å². The number of nitrogens with zero attached hydrogens (tertiary/aromatic N) is 3. The average molecular weight is 408 g/mol. The van der Waals surface area contributed by atoms with E-state index in [1.54, 1.807) is 0 Å². The molecule has 1 aromatic heterocycles. The second-order valence-electron chi connectivity index (χ2n) is 9.60. The Morgan fingerprint density at radius 1 is 1.00 bits per heavy atom. The van der Waals surface area contributed by atoms with Crippen molar-refractivity contribution in [2.45, 2.75) is 64.6 Å². The van der Waals surface area contributed by atoms with Crippen molar-refractivity contribution < 1.29 is 9.59 Å². The molecule has 1 aromatic carbocycles. The molecule has 1 saturated carbocycles. The molecule has 30 heavy (non-hydrogen) atoms. The molecule has 0 N–H and O–H groups in total. The van der Waals surface area contributed by atoms with Gasteiger partial charge in [-0.3, -0.25) is 9.59 Å². The van der Waals surface area contributed by atoms with Crippen molar-refractivity contribution in [3.8, 4) is 0 Å². The zero-order chi connectivity index (χ0) is 21.3. The highest BCUT2D eigenvalue weighted by Crippen LogP contribution is 2.33. The van der Waals surface area contributed by atoms with Crippen molar-refractivity contribution in [3.05, 3.63) is 59.9 Å². The first kappa shape index (κ1) is 20.7. The summed E-state index contributed by atoms with van der Waals surface area (Å²) >= 11 is 0. The topological polar surface area (TPSA) is 45.6 Å². The standard InChI is InChI=1S/C25H33N3O2/c1-25(2,3)28(24(30)20-12-7-8-13-20)18-22(29)27-17-16-26-15-9-14-21(26)23(27)19-10-5-4-6-11-19/h4-6,9-11,14-15,20,23H,7-8,12-13,16-18H2,1-3H3. The van der Waals surface area contributed by atoms with E-state index in [1.165, 1.54) is 0 Å². The lowest BCUT2D eigenvalue weighted by Gasteiger charge is -2.41. The SMILES string of the molecule is CC(C)(C)N(CC(=O)N1CCn2cccc2C1c1ccccc1)C(=O)C1CCCC1. The van der Waals surface area contributed by atoms with Gasteiger partial charge >= 0.3 is 0 Å². The van der Waals surface area contributed by atoms with Gasteiger partial charge in [0.1, 0.15) is 6.54 Å². The Hall–Kier alpha value is -2.56. The highest BCUT2D eigenvalue weighted by atomic mass is 16.2. The quantitative estimate of drug-likeness (QED) is 0.761. The molecule has 2 aromatic rings. The van der Waals surface area contributed by atoms with Crippen LogP contribution in [0, 0.1) is 5.92 Å². The Balaban J connectivity index is 1.61. The third kappa shape index (κ3) is 4.03. The minimum atomic E-state index is -0.381. The minimum Gasteiger partial charge on any atom is -0.348 e. The zero-order valence-corrected chi connectivity index (χ0v) is 18.4. The van der Waals surface area contributed by atoms with Crippen LogP contribution in [0.5, 0.6) is 0 Å². The molecule has 1 aliphatic heterocycles. The predicted molar refractivity (Wildman–Crippen MR) is 118 cm³/mol. The molecule has 4 rings (SSSR count). The summed E-state index contributed by atoms with van der Waals surface area (Å²) in [5.41, 5.74) is 1.85. The van der Waals surface area contributed by atoms with E-state index >= 15 is 0 Å². The number of carbonyl (C=O) groups excluding carboxylic acids is 2. The van der Waals surface area contributed by atoms with Crippen LogP contribution in [0.15, 0.2) is 48.7 Å². The van der Waals surface area contributed by atoms with Crippen molar-refractivity contribution in [2.24, 2.45) is 5.92 Å². The van der Waals surface area contributed by atoms with Crippen LogP contribution in [-0.2, 0) is 16.1 Å². The summed E-state index contributed by atoms with van der Waals surface area (Å²) in [7, 11) is 0. The summed E-state index contributed by atoms with van der Waals surface area (Å²) in [4.78, 5) is 30.7. The van der Waals surface area contributed by atoms with Gasteiger partial charge in [0.2, 0.25) is 11.8 Å². The highest BCUT2D eigenvalue weighted by molar-refractivity contribution is 5.87. The molecule has 1 fully saturated rings. The fourth-order valence-electron chi connectivity index (χ4n) is 4.90. The van der Waals surface area contributed by atoms with E-state index in [9.17, 15) is 9.59 Å². The summed E-state index contributed by atoms with van der Waals surface area (Å²) < 4.78 is 2.23. The number of amides is 2. The maximum Gasteiger partial charge on any atom is 0.243 e. The first-order valence-electron chi connectivity index (χ1n) is 11.2. The molecule has 160 valence electrons. The largest absolute Gasteiger partial charge is 0.348 e. The number of benzene rings is 1. The monoisotopic (exact) mass is 407 g/mol. The van der Waals surface area contributed by atoms with Crippen LogP contribution in [0.1, 0.15) is 63.8 Å². The summed E-state index contributed by atoms with van der Waals surface area (Å²) in [5, 5.41) is 0. The Morgan fingerprint density at radius 3 is 2.37 bits per heavy atom. The van der Waals surface area contributed by atoms with Crippen molar-refractivity contribution in [2.75, 3.05) is 13.1 Å². The Bertz CT molecular complexity index is 891. The maximum atomic E-state index is 13.6. The first-order chi connectivity index (χ1) is 14.4. The van der Waals surface area contributed by atoms with Crippen LogP contribution in [0.25, 0.3) is 0 Å². The summed E-state index contributed by atoms with van der Waals surface area (Å²) in [6.07, 6.45) is 6.20. The van der Waals surface area contributed by atoms with Gasteiger partial charge in [0.15, 0.2) is 0 Å². The van der Waals surface area contributed by atoms with E-state index in [0.717, 1.165) is 43.5 Å². The molecular weight excluding hydrogens is 374 g/mol. The lowest BCUT2D eigenvalue weighted by molar-refractivity contribution is -0.148. The van der Waals surface area contributed by atoms with Crippen LogP contribution in [0.2, 0.25) is 0 Å². The van der Waals surface area contributed by atoms with Gasteiger partial charge in [0.25, 0.3) is 0 Å². The predicted octanol–water partition coefficient (Wildman–Crippen LogP) is 4.24. The Labute approximate surface area is 179 Å². The number of carbonyl (C=O) groups is 2. The van der Waals surface area contributed by atoms with Crippen LogP contribution in [0.3, 0.4) is 0 Å². The van der Waals surface area contributed by atoms with E-state index in [0.29, 0.717) is 6.54 Å². The van der Waals surface area contributed by atoms with E-state index in [4.69, 9.17) is 0 Å². The average Bonchev–Trinajstić information content (AvgIpc) is 3.42. The third-order valence-electron chi connectivity index (χ3n) is 6.55. The fraction of sp³-hybridized carbons (Fsp3) is 0.520. The molecule has 0 bridgehead atoms. The smallest absolute Gasteiger partial charge is 0.243 e. The molecule has 5 nitrogen and oxygen atoms in total. The molecule has 1 unspecified atom stereocenters. The normalized spacial score (nSPS) is 19.6. The van der Waals surface area contributed by atoms with E-state index in [2.05, 4.69) is 29.0 Å². The van der Waals surface area contributed by atoms with Crippen LogP contribution >= 0.6 is 0 Å². The van der Waals surface area contributed by atoms with Crippen LogP contribution < -0.4 is 0 Å². The van der Waals surface area contributed by atoms with Crippen molar-refractivity contribution in [1.29, 1.82) is 0 Å². The van der Waals surface area contributed by atoms with E-state index in [-0.39, 0.29) is 35.9 Å². The highest BCUT2D eigenvalue weighted by Gasteiger charge is 2.38. The maximum absolute atomic E-state index is 13.6. The fourth-order valence-corrected chi connectivity index (χ4v) is 4.90. The van der Waals surface area contributed by atoms with Crippen LogP contribution in [-0.4, -0.2) is 44.8 Å². The van der Waals surface area contributed by atoms with Crippen molar-refractivity contribution in [1.82, 2.24) is 14.4 Å². The zero-order valence-electron chi connectivity index (χ0n) is 18.4. The molecule has 0 spiro atoms. The lowest BCUT2D eigenvalue weighted by atomic mass is 9.98. The van der Waals surface area contributed by atoms with E-state index in [1.807, 2.05) is 54.8 Å². The Kier molecular flexibility index (Phi) is 5.72. The molecule has 2 heterocycles. The molecule has 0 radical (unpaired) electrons. The minimum absolute atomic E-state index is 0.0255.